The quantitative estimate of drug-likeness (QED) is 0.819. The molecule has 0 bridgehead atoms. The first kappa shape index (κ1) is 17.1. The lowest BCUT2D eigenvalue weighted by Gasteiger charge is -2.40. The van der Waals surface area contributed by atoms with Crippen molar-refractivity contribution in [3.05, 3.63) is 0 Å². The van der Waals surface area contributed by atoms with E-state index in [0.717, 1.165) is 38.0 Å². The van der Waals surface area contributed by atoms with Gasteiger partial charge in [-0.15, -0.1) is 0 Å². The van der Waals surface area contributed by atoms with Crippen LogP contribution in [-0.2, 0) is 14.6 Å². The first-order valence-electron chi connectivity index (χ1n) is 7.82. The van der Waals surface area contributed by atoms with Crippen molar-refractivity contribution in [3.63, 3.8) is 0 Å². The fraction of sp³-hybridized carbons (Fsp3) is 0.929. The SMILES string of the molecule is CCCC1(C(=O)N2CCSCC2S(=O)(=O)CC)CCCN1. The van der Waals surface area contributed by atoms with Crippen LogP contribution < -0.4 is 5.32 Å². The number of rotatable bonds is 5. The fourth-order valence-corrected chi connectivity index (χ4v) is 6.28. The van der Waals surface area contributed by atoms with Gasteiger partial charge in [0.05, 0.1) is 5.54 Å². The average molecular weight is 335 g/mol. The van der Waals surface area contributed by atoms with E-state index in [4.69, 9.17) is 0 Å². The zero-order chi connectivity index (χ0) is 15.5. The summed E-state index contributed by atoms with van der Waals surface area (Å²) in [5.74, 6) is 1.42. The number of nitrogens with zero attached hydrogens (tertiary/aromatic N) is 1. The lowest BCUT2D eigenvalue weighted by Crippen LogP contribution is -2.61. The highest BCUT2D eigenvalue weighted by Gasteiger charge is 2.46. The number of carbonyl (C=O) groups is 1. The molecule has 2 saturated heterocycles. The van der Waals surface area contributed by atoms with Crippen molar-refractivity contribution in [2.24, 2.45) is 0 Å². The summed E-state index contributed by atoms with van der Waals surface area (Å²) in [6, 6.07) is 0. The number of sulfone groups is 1. The van der Waals surface area contributed by atoms with E-state index >= 15 is 0 Å². The molecule has 21 heavy (non-hydrogen) atoms. The van der Waals surface area contributed by atoms with Gasteiger partial charge in [0.1, 0.15) is 5.37 Å². The second kappa shape index (κ2) is 6.87. The molecular formula is C14H26N2O3S2. The fourth-order valence-electron chi connectivity index (χ4n) is 3.31. The van der Waals surface area contributed by atoms with E-state index in [-0.39, 0.29) is 11.7 Å². The van der Waals surface area contributed by atoms with E-state index in [9.17, 15) is 13.2 Å². The van der Waals surface area contributed by atoms with Gasteiger partial charge in [0.2, 0.25) is 5.91 Å². The van der Waals surface area contributed by atoms with Gasteiger partial charge in [0, 0.05) is 23.8 Å². The second-order valence-electron chi connectivity index (χ2n) is 5.84. The molecular weight excluding hydrogens is 308 g/mol. The molecule has 0 aliphatic carbocycles. The van der Waals surface area contributed by atoms with Crippen molar-refractivity contribution < 1.29 is 13.2 Å². The van der Waals surface area contributed by atoms with Crippen LogP contribution in [0.4, 0.5) is 0 Å². The molecule has 5 nitrogen and oxygen atoms in total. The molecule has 2 rings (SSSR count). The minimum absolute atomic E-state index is 0.00387. The maximum absolute atomic E-state index is 13.1. The summed E-state index contributed by atoms with van der Waals surface area (Å²) in [5, 5.41) is 2.72. The number of amides is 1. The van der Waals surface area contributed by atoms with Gasteiger partial charge in [-0.05, 0) is 25.8 Å². The van der Waals surface area contributed by atoms with E-state index in [1.807, 2.05) is 0 Å². The maximum Gasteiger partial charge on any atom is 0.243 e. The molecule has 2 unspecified atom stereocenters. The smallest absolute Gasteiger partial charge is 0.243 e. The van der Waals surface area contributed by atoms with Gasteiger partial charge in [-0.3, -0.25) is 4.79 Å². The average Bonchev–Trinajstić information content (AvgIpc) is 2.96. The van der Waals surface area contributed by atoms with E-state index in [0.29, 0.717) is 12.3 Å². The predicted octanol–water partition coefficient (Wildman–Crippen LogP) is 1.24. The molecule has 0 radical (unpaired) electrons. The molecule has 0 aromatic carbocycles. The minimum atomic E-state index is -3.23. The van der Waals surface area contributed by atoms with E-state index < -0.39 is 20.8 Å². The summed E-state index contributed by atoms with van der Waals surface area (Å²) in [7, 11) is -3.23. The first-order chi connectivity index (χ1) is 9.97. The van der Waals surface area contributed by atoms with Gasteiger partial charge in [-0.2, -0.15) is 11.8 Å². The van der Waals surface area contributed by atoms with Gasteiger partial charge in [0.15, 0.2) is 9.84 Å². The van der Waals surface area contributed by atoms with Crippen LogP contribution in [0.2, 0.25) is 0 Å². The monoisotopic (exact) mass is 334 g/mol. The van der Waals surface area contributed by atoms with Crippen molar-refractivity contribution in [1.29, 1.82) is 0 Å². The number of carbonyl (C=O) groups excluding carboxylic acids is 1. The Kier molecular flexibility index (Phi) is 5.59. The van der Waals surface area contributed by atoms with Crippen molar-refractivity contribution in [1.82, 2.24) is 10.2 Å². The third-order valence-corrected chi connectivity index (χ3v) is 7.78. The summed E-state index contributed by atoms with van der Waals surface area (Å²) in [6.45, 7) is 5.12. The number of hydrogen-bond acceptors (Lipinski definition) is 5. The third-order valence-electron chi connectivity index (χ3n) is 4.49. The van der Waals surface area contributed by atoms with Crippen LogP contribution >= 0.6 is 11.8 Å². The molecule has 2 fully saturated rings. The zero-order valence-electron chi connectivity index (χ0n) is 12.9. The van der Waals surface area contributed by atoms with E-state index in [1.165, 1.54) is 0 Å². The molecule has 2 atom stereocenters. The Morgan fingerprint density at radius 1 is 1.43 bits per heavy atom. The predicted molar refractivity (Wildman–Crippen MR) is 87.2 cm³/mol. The molecule has 7 heteroatoms. The Bertz CT molecular complexity index is 473. The van der Waals surface area contributed by atoms with Gasteiger partial charge >= 0.3 is 0 Å². The second-order valence-corrected chi connectivity index (χ2v) is 9.44. The molecule has 0 spiro atoms. The molecule has 2 aliphatic heterocycles. The van der Waals surface area contributed by atoms with Crippen LogP contribution in [0.25, 0.3) is 0 Å². The van der Waals surface area contributed by atoms with Crippen LogP contribution in [0, 0.1) is 0 Å². The van der Waals surface area contributed by atoms with Crippen molar-refractivity contribution in [3.8, 4) is 0 Å². The summed E-state index contributed by atoms with van der Waals surface area (Å²) in [4.78, 5) is 14.7. The lowest BCUT2D eigenvalue weighted by molar-refractivity contribution is -0.138. The topological polar surface area (TPSA) is 66.5 Å². The van der Waals surface area contributed by atoms with Crippen LogP contribution in [0.15, 0.2) is 0 Å². The van der Waals surface area contributed by atoms with Gasteiger partial charge in [-0.1, -0.05) is 20.3 Å². The van der Waals surface area contributed by atoms with Crippen LogP contribution in [0.5, 0.6) is 0 Å². The summed E-state index contributed by atoms with van der Waals surface area (Å²) >= 11 is 1.63. The molecule has 0 aromatic heterocycles. The Morgan fingerprint density at radius 3 is 2.76 bits per heavy atom. The maximum atomic E-state index is 13.1. The van der Waals surface area contributed by atoms with Crippen molar-refractivity contribution in [2.45, 2.75) is 50.4 Å². The van der Waals surface area contributed by atoms with E-state index in [2.05, 4.69) is 12.2 Å². The molecule has 2 aliphatic rings. The zero-order valence-corrected chi connectivity index (χ0v) is 14.6. The molecule has 1 N–H and O–H groups in total. The highest BCUT2D eigenvalue weighted by Crippen LogP contribution is 2.31. The number of hydrogen-bond donors (Lipinski definition) is 1. The Labute approximate surface area is 132 Å². The highest BCUT2D eigenvalue weighted by molar-refractivity contribution is 8.01. The summed E-state index contributed by atoms with van der Waals surface area (Å²) in [6.07, 6.45) is 3.52. The molecule has 2 heterocycles. The van der Waals surface area contributed by atoms with Crippen LogP contribution in [-0.4, -0.2) is 60.5 Å². The molecule has 0 aromatic rings. The third kappa shape index (κ3) is 3.40. The van der Waals surface area contributed by atoms with Crippen molar-refractivity contribution in [2.75, 3.05) is 30.3 Å². The lowest BCUT2D eigenvalue weighted by atomic mass is 9.90. The summed E-state index contributed by atoms with van der Waals surface area (Å²) < 4.78 is 24.6. The largest absolute Gasteiger partial charge is 0.322 e. The minimum Gasteiger partial charge on any atom is -0.322 e. The molecule has 1 amide bonds. The number of nitrogens with one attached hydrogen (secondary N) is 1. The van der Waals surface area contributed by atoms with E-state index in [1.54, 1.807) is 23.6 Å². The van der Waals surface area contributed by atoms with Crippen molar-refractivity contribution >= 4 is 27.5 Å². The van der Waals surface area contributed by atoms with Crippen LogP contribution in [0.1, 0.15) is 39.5 Å². The standard InChI is InChI=1S/C14H26N2O3S2/c1-3-6-14(7-5-8-15-14)13(17)16-9-10-20-11-12(16)21(18,19)4-2/h12,15H,3-11H2,1-2H3. The number of thioether (sulfide) groups is 1. The normalized spacial score (nSPS) is 30.6. The Morgan fingerprint density at radius 2 is 2.19 bits per heavy atom. The molecule has 0 saturated carbocycles. The Balaban J connectivity index is 2.26. The van der Waals surface area contributed by atoms with Gasteiger partial charge in [0.25, 0.3) is 0 Å². The van der Waals surface area contributed by atoms with Gasteiger partial charge in [-0.25, -0.2) is 8.42 Å². The van der Waals surface area contributed by atoms with Crippen LogP contribution in [0.3, 0.4) is 0 Å². The highest BCUT2D eigenvalue weighted by atomic mass is 32.2. The summed E-state index contributed by atoms with van der Waals surface area (Å²) in [5.41, 5.74) is -0.529. The molecule has 122 valence electrons. The van der Waals surface area contributed by atoms with Gasteiger partial charge < -0.3 is 10.2 Å². The Hall–Kier alpha value is -0.270. The first-order valence-corrected chi connectivity index (χ1v) is 10.7.